The second-order valence-corrected chi connectivity index (χ2v) is 5.51. The number of rotatable bonds is 5. The molecule has 1 heterocycles. The van der Waals surface area contributed by atoms with E-state index in [4.69, 9.17) is 0 Å². The Hall–Kier alpha value is -0.0800. The molecule has 1 rings (SSSR count). The van der Waals surface area contributed by atoms with Crippen LogP contribution in [0.1, 0.15) is 41.0 Å². The van der Waals surface area contributed by atoms with Crippen LogP contribution in [0.5, 0.6) is 0 Å². The Balaban J connectivity index is 2.55. The predicted octanol–water partition coefficient (Wildman–Crippen LogP) is 2.35. The van der Waals surface area contributed by atoms with E-state index in [0.717, 1.165) is 31.0 Å². The van der Waals surface area contributed by atoms with Crippen LogP contribution in [-0.2, 0) is 0 Å². The second kappa shape index (κ2) is 5.86. The first-order valence-electron chi connectivity index (χ1n) is 6.52. The SMILES string of the molecule is CCNCC(C(C)C)N1CC(C)CC1C. The minimum Gasteiger partial charge on any atom is -0.315 e. The van der Waals surface area contributed by atoms with Gasteiger partial charge < -0.3 is 5.32 Å². The van der Waals surface area contributed by atoms with Gasteiger partial charge in [-0.2, -0.15) is 0 Å². The van der Waals surface area contributed by atoms with E-state index in [1.165, 1.54) is 13.0 Å². The van der Waals surface area contributed by atoms with Crippen LogP contribution < -0.4 is 5.32 Å². The van der Waals surface area contributed by atoms with Crippen molar-refractivity contribution < 1.29 is 0 Å². The van der Waals surface area contributed by atoms with Gasteiger partial charge in [0, 0.05) is 25.2 Å². The van der Waals surface area contributed by atoms with E-state index in [9.17, 15) is 0 Å². The fourth-order valence-electron chi connectivity index (χ4n) is 2.82. The van der Waals surface area contributed by atoms with E-state index in [0.29, 0.717) is 6.04 Å². The molecule has 0 saturated carbocycles. The predicted molar refractivity (Wildman–Crippen MR) is 67.1 cm³/mol. The molecule has 0 aliphatic carbocycles. The summed E-state index contributed by atoms with van der Waals surface area (Å²) in [6.07, 6.45) is 1.37. The summed E-state index contributed by atoms with van der Waals surface area (Å²) in [5.74, 6) is 1.62. The molecule has 0 aromatic heterocycles. The van der Waals surface area contributed by atoms with Crippen LogP contribution in [0.4, 0.5) is 0 Å². The average molecular weight is 212 g/mol. The number of hydrogen-bond acceptors (Lipinski definition) is 2. The van der Waals surface area contributed by atoms with E-state index in [1.807, 2.05) is 0 Å². The smallest absolute Gasteiger partial charge is 0.0246 e. The van der Waals surface area contributed by atoms with Crippen molar-refractivity contribution in [2.45, 2.75) is 53.1 Å². The van der Waals surface area contributed by atoms with Gasteiger partial charge in [-0.3, -0.25) is 4.90 Å². The summed E-state index contributed by atoms with van der Waals surface area (Å²) in [6, 6.07) is 1.48. The second-order valence-electron chi connectivity index (χ2n) is 5.51. The lowest BCUT2D eigenvalue weighted by Crippen LogP contribution is -2.47. The molecule has 2 nitrogen and oxygen atoms in total. The lowest BCUT2D eigenvalue weighted by atomic mass is 10.0. The van der Waals surface area contributed by atoms with Gasteiger partial charge in [0.2, 0.25) is 0 Å². The van der Waals surface area contributed by atoms with E-state index in [2.05, 4.69) is 44.8 Å². The van der Waals surface area contributed by atoms with Crippen molar-refractivity contribution in [3.8, 4) is 0 Å². The summed E-state index contributed by atoms with van der Waals surface area (Å²) in [5.41, 5.74) is 0. The van der Waals surface area contributed by atoms with E-state index >= 15 is 0 Å². The molecule has 0 radical (unpaired) electrons. The Morgan fingerprint density at radius 1 is 1.33 bits per heavy atom. The summed E-state index contributed by atoms with van der Waals surface area (Å²) < 4.78 is 0. The maximum atomic E-state index is 3.50. The third-order valence-corrected chi connectivity index (χ3v) is 3.63. The molecule has 3 atom stereocenters. The van der Waals surface area contributed by atoms with Gasteiger partial charge in [0.1, 0.15) is 0 Å². The molecule has 1 aliphatic rings. The highest BCUT2D eigenvalue weighted by Gasteiger charge is 2.32. The molecule has 1 N–H and O–H groups in total. The summed E-state index contributed by atoms with van der Waals surface area (Å²) in [7, 11) is 0. The van der Waals surface area contributed by atoms with Crippen LogP contribution in [0, 0.1) is 11.8 Å². The molecule has 0 aromatic rings. The third kappa shape index (κ3) is 3.46. The van der Waals surface area contributed by atoms with Crippen LogP contribution in [-0.4, -0.2) is 36.6 Å². The maximum Gasteiger partial charge on any atom is 0.0246 e. The first-order chi connectivity index (χ1) is 7.06. The summed E-state index contributed by atoms with van der Waals surface area (Å²) >= 11 is 0. The van der Waals surface area contributed by atoms with Crippen LogP contribution in [0.25, 0.3) is 0 Å². The summed E-state index contributed by atoms with van der Waals surface area (Å²) in [6.45, 7) is 15.1. The molecule has 0 amide bonds. The molecule has 3 unspecified atom stereocenters. The standard InChI is InChI=1S/C13H28N2/c1-6-14-8-13(10(2)3)15-9-11(4)7-12(15)5/h10-14H,6-9H2,1-5H3. The Morgan fingerprint density at radius 2 is 2.00 bits per heavy atom. The Labute approximate surface area is 95.4 Å². The zero-order valence-electron chi connectivity index (χ0n) is 11.1. The quantitative estimate of drug-likeness (QED) is 0.752. The normalized spacial score (nSPS) is 30.0. The monoisotopic (exact) mass is 212 g/mol. The zero-order chi connectivity index (χ0) is 11.4. The van der Waals surface area contributed by atoms with Crippen LogP contribution >= 0.6 is 0 Å². The lowest BCUT2D eigenvalue weighted by molar-refractivity contribution is 0.143. The molecule has 0 bridgehead atoms. The summed E-state index contributed by atoms with van der Waals surface area (Å²) in [5, 5.41) is 3.50. The van der Waals surface area contributed by atoms with Crippen molar-refractivity contribution in [3.63, 3.8) is 0 Å². The molecular formula is C13H28N2. The fourth-order valence-corrected chi connectivity index (χ4v) is 2.82. The number of hydrogen-bond donors (Lipinski definition) is 1. The highest BCUT2D eigenvalue weighted by molar-refractivity contribution is 4.87. The number of nitrogens with zero attached hydrogens (tertiary/aromatic N) is 1. The van der Waals surface area contributed by atoms with Crippen LogP contribution in [0.2, 0.25) is 0 Å². The molecule has 1 saturated heterocycles. The number of likely N-dealkylation sites (N-methyl/N-ethyl adjacent to an activating group) is 1. The molecule has 0 spiro atoms. The van der Waals surface area contributed by atoms with Gasteiger partial charge in [-0.25, -0.2) is 0 Å². The Bertz CT molecular complexity index is 179. The number of likely N-dealkylation sites (tertiary alicyclic amines) is 1. The van der Waals surface area contributed by atoms with E-state index in [1.54, 1.807) is 0 Å². The van der Waals surface area contributed by atoms with E-state index < -0.39 is 0 Å². The van der Waals surface area contributed by atoms with E-state index in [-0.39, 0.29) is 0 Å². The fraction of sp³-hybridized carbons (Fsp3) is 1.00. The zero-order valence-corrected chi connectivity index (χ0v) is 11.1. The first kappa shape index (κ1) is 13.0. The molecule has 15 heavy (non-hydrogen) atoms. The Morgan fingerprint density at radius 3 is 2.40 bits per heavy atom. The van der Waals surface area contributed by atoms with Crippen LogP contribution in [0.3, 0.4) is 0 Å². The largest absolute Gasteiger partial charge is 0.315 e. The lowest BCUT2D eigenvalue weighted by Gasteiger charge is -2.34. The average Bonchev–Trinajstić information content (AvgIpc) is 2.46. The number of nitrogens with one attached hydrogen (secondary N) is 1. The van der Waals surface area contributed by atoms with Crippen molar-refractivity contribution in [1.29, 1.82) is 0 Å². The molecule has 1 fully saturated rings. The van der Waals surface area contributed by atoms with Crippen molar-refractivity contribution in [2.24, 2.45) is 11.8 Å². The third-order valence-electron chi connectivity index (χ3n) is 3.63. The molecule has 0 aromatic carbocycles. The van der Waals surface area contributed by atoms with Gasteiger partial charge in [0.25, 0.3) is 0 Å². The Kier molecular flexibility index (Phi) is 5.07. The van der Waals surface area contributed by atoms with Crippen molar-refractivity contribution in [1.82, 2.24) is 10.2 Å². The summed E-state index contributed by atoms with van der Waals surface area (Å²) in [4.78, 5) is 2.71. The minimum atomic E-state index is 0.713. The van der Waals surface area contributed by atoms with Gasteiger partial charge in [-0.05, 0) is 31.7 Å². The van der Waals surface area contributed by atoms with Gasteiger partial charge >= 0.3 is 0 Å². The van der Waals surface area contributed by atoms with Gasteiger partial charge in [0.15, 0.2) is 0 Å². The molecule has 1 aliphatic heterocycles. The van der Waals surface area contributed by atoms with Crippen molar-refractivity contribution in [3.05, 3.63) is 0 Å². The van der Waals surface area contributed by atoms with Crippen LogP contribution in [0.15, 0.2) is 0 Å². The van der Waals surface area contributed by atoms with Gasteiger partial charge in [-0.1, -0.05) is 27.7 Å². The molecule has 90 valence electrons. The molecule has 2 heteroatoms. The topological polar surface area (TPSA) is 15.3 Å². The first-order valence-corrected chi connectivity index (χ1v) is 6.52. The van der Waals surface area contributed by atoms with Crippen molar-refractivity contribution >= 4 is 0 Å². The highest BCUT2D eigenvalue weighted by Crippen LogP contribution is 2.26. The van der Waals surface area contributed by atoms with Crippen molar-refractivity contribution in [2.75, 3.05) is 19.6 Å². The minimum absolute atomic E-state index is 0.713. The highest BCUT2D eigenvalue weighted by atomic mass is 15.2. The maximum absolute atomic E-state index is 3.50. The van der Waals surface area contributed by atoms with Gasteiger partial charge in [-0.15, -0.1) is 0 Å². The molecular weight excluding hydrogens is 184 g/mol. The van der Waals surface area contributed by atoms with Gasteiger partial charge in [0.05, 0.1) is 0 Å².